The number of amides is 1. The average molecular weight is 474 g/mol. The molecule has 2 aromatic heterocycles. The molecule has 1 aromatic carbocycles. The molecule has 3 aromatic rings. The Morgan fingerprint density at radius 1 is 1.21 bits per heavy atom. The summed E-state index contributed by atoms with van der Waals surface area (Å²) < 4.78 is 2.38. The molecular formula is C27H31N5OS. The van der Waals surface area contributed by atoms with Gasteiger partial charge >= 0.3 is 0 Å². The molecule has 1 amide bonds. The number of thiocarbonyl (C=S) groups is 1. The number of nitrogens with one attached hydrogen (secondary N) is 2. The number of carbonyl (C=O) groups excluding carboxylic acids is 1. The second-order valence-corrected chi connectivity index (χ2v) is 9.61. The minimum Gasteiger partial charge on any atom is -0.351 e. The second kappa shape index (κ2) is 9.58. The van der Waals surface area contributed by atoms with Gasteiger partial charge < -0.3 is 20.1 Å². The van der Waals surface area contributed by atoms with Gasteiger partial charge in [-0.1, -0.05) is 25.8 Å². The third-order valence-electron chi connectivity index (χ3n) is 7.01. The van der Waals surface area contributed by atoms with Gasteiger partial charge in [0.05, 0.1) is 17.8 Å². The van der Waals surface area contributed by atoms with Gasteiger partial charge in [-0.15, -0.1) is 0 Å². The maximum atomic E-state index is 11.9. The fourth-order valence-electron chi connectivity index (χ4n) is 5.18. The van der Waals surface area contributed by atoms with Crippen molar-refractivity contribution in [1.82, 2.24) is 14.9 Å². The fourth-order valence-corrected chi connectivity index (χ4v) is 5.53. The van der Waals surface area contributed by atoms with Crippen molar-refractivity contribution in [3.05, 3.63) is 77.9 Å². The summed E-state index contributed by atoms with van der Waals surface area (Å²) in [6, 6.07) is 14.8. The van der Waals surface area contributed by atoms with E-state index in [1.807, 2.05) is 44.3 Å². The lowest BCUT2D eigenvalue weighted by molar-refractivity contribution is -0.115. The highest BCUT2D eigenvalue weighted by Gasteiger charge is 2.41. The van der Waals surface area contributed by atoms with E-state index in [0.717, 1.165) is 22.6 Å². The Morgan fingerprint density at radius 2 is 2.03 bits per heavy atom. The summed E-state index contributed by atoms with van der Waals surface area (Å²) in [7, 11) is 0. The molecule has 176 valence electrons. The first-order valence-corrected chi connectivity index (χ1v) is 12.5. The molecule has 1 saturated heterocycles. The van der Waals surface area contributed by atoms with Gasteiger partial charge in [0, 0.05) is 42.4 Å². The van der Waals surface area contributed by atoms with E-state index >= 15 is 0 Å². The first-order chi connectivity index (χ1) is 16.5. The summed E-state index contributed by atoms with van der Waals surface area (Å²) in [6.07, 6.45) is 11.9. The number of aromatic nitrogens is 2. The van der Waals surface area contributed by atoms with Crippen LogP contribution in [0.25, 0.3) is 0 Å². The number of hydrogen-bond acceptors (Lipinski definition) is 3. The first-order valence-electron chi connectivity index (χ1n) is 12.1. The number of hydrogen-bond donors (Lipinski definition) is 2. The van der Waals surface area contributed by atoms with E-state index < -0.39 is 0 Å². The van der Waals surface area contributed by atoms with Crippen LogP contribution >= 0.6 is 12.2 Å². The number of pyridine rings is 1. The fraction of sp³-hybridized carbons (Fsp3) is 0.370. The number of rotatable bonds is 6. The van der Waals surface area contributed by atoms with Crippen LogP contribution in [0.15, 0.2) is 61.1 Å². The number of benzene rings is 1. The van der Waals surface area contributed by atoms with Crippen LogP contribution in [0.3, 0.4) is 0 Å². The molecular weight excluding hydrogens is 442 g/mol. The molecule has 1 aliphatic carbocycles. The van der Waals surface area contributed by atoms with Crippen molar-refractivity contribution in [1.29, 1.82) is 0 Å². The Bertz CT molecular complexity index is 1180. The Morgan fingerprint density at radius 3 is 2.74 bits per heavy atom. The van der Waals surface area contributed by atoms with Crippen molar-refractivity contribution >= 4 is 34.6 Å². The van der Waals surface area contributed by atoms with Gasteiger partial charge in [-0.3, -0.25) is 9.78 Å². The van der Waals surface area contributed by atoms with Gasteiger partial charge in [-0.05, 0) is 79.5 Å². The maximum absolute atomic E-state index is 11.9. The van der Waals surface area contributed by atoms with Gasteiger partial charge in [0.2, 0.25) is 5.91 Å². The molecule has 7 heteroatoms. The van der Waals surface area contributed by atoms with E-state index in [4.69, 9.17) is 12.2 Å². The zero-order valence-electron chi connectivity index (χ0n) is 19.7. The SMILES string of the molecule is CCC(=O)Nc1ccc(N2C(=S)N[C@H](c3ccccn3)[C@H]2c2ccn(C3CCCC3)c2)cc1C. The number of nitrogens with zero attached hydrogens (tertiary/aromatic N) is 3. The summed E-state index contributed by atoms with van der Waals surface area (Å²) in [6.45, 7) is 3.87. The lowest BCUT2D eigenvalue weighted by Crippen LogP contribution is -2.29. The summed E-state index contributed by atoms with van der Waals surface area (Å²) in [5, 5.41) is 7.20. The van der Waals surface area contributed by atoms with Crippen LogP contribution in [0.2, 0.25) is 0 Å². The molecule has 2 aliphatic rings. The topological polar surface area (TPSA) is 62.2 Å². The highest BCUT2D eigenvalue weighted by Crippen LogP contribution is 2.43. The molecule has 2 fully saturated rings. The normalized spacial score (nSPS) is 20.5. The van der Waals surface area contributed by atoms with E-state index in [9.17, 15) is 4.79 Å². The molecule has 2 atom stereocenters. The molecule has 5 rings (SSSR count). The van der Waals surface area contributed by atoms with Crippen LogP contribution in [0.5, 0.6) is 0 Å². The van der Waals surface area contributed by atoms with E-state index in [2.05, 4.69) is 55.7 Å². The lowest BCUT2D eigenvalue weighted by Gasteiger charge is -2.28. The molecule has 0 radical (unpaired) electrons. The quantitative estimate of drug-likeness (QED) is 0.441. The molecule has 0 bridgehead atoms. The largest absolute Gasteiger partial charge is 0.351 e. The van der Waals surface area contributed by atoms with Crippen molar-refractivity contribution < 1.29 is 4.79 Å². The van der Waals surface area contributed by atoms with Gasteiger partial charge in [-0.2, -0.15) is 0 Å². The van der Waals surface area contributed by atoms with Crippen LogP contribution in [-0.4, -0.2) is 20.6 Å². The van der Waals surface area contributed by atoms with E-state index in [1.165, 1.54) is 31.2 Å². The van der Waals surface area contributed by atoms with Crippen LogP contribution in [0, 0.1) is 6.92 Å². The number of aryl methyl sites for hydroxylation is 1. The van der Waals surface area contributed by atoms with E-state index in [-0.39, 0.29) is 18.0 Å². The van der Waals surface area contributed by atoms with E-state index in [1.54, 1.807) is 0 Å². The van der Waals surface area contributed by atoms with Crippen LogP contribution in [0.1, 0.15) is 74.0 Å². The van der Waals surface area contributed by atoms with Crippen molar-refractivity contribution in [2.45, 2.75) is 64.1 Å². The molecule has 1 aliphatic heterocycles. The molecule has 0 spiro atoms. The minimum atomic E-state index is -0.0621. The number of carbonyl (C=O) groups is 1. The molecule has 34 heavy (non-hydrogen) atoms. The lowest BCUT2D eigenvalue weighted by atomic mass is 9.98. The number of anilines is 2. The molecule has 1 saturated carbocycles. The van der Waals surface area contributed by atoms with Crippen LogP contribution in [0.4, 0.5) is 11.4 Å². The Hall–Kier alpha value is -3.19. The predicted octanol–water partition coefficient (Wildman–Crippen LogP) is 5.83. The zero-order chi connectivity index (χ0) is 23.7. The van der Waals surface area contributed by atoms with Gasteiger partial charge in [0.25, 0.3) is 0 Å². The summed E-state index contributed by atoms with van der Waals surface area (Å²) >= 11 is 5.87. The summed E-state index contributed by atoms with van der Waals surface area (Å²) in [5.74, 6) is 0.00977. The Balaban J connectivity index is 1.53. The summed E-state index contributed by atoms with van der Waals surface area (Å²) in [4.78, 5) is 18.8. The van der Waals surface area contributed by atoms with E-state index in [0.29, 0.717) is 17.6 Å². The Kier molecular flexibility index (Phi) is 6.37. The van der Waals surface area contributed by atoms with Gasteiger partial charge in [-0.25, -0.2) is 0 Å². The minimum absolute atomic E-state index is 0.00977. The smallest absolute Gasteiger partial charge is 0.224 e. The predicted molar refractivity (Wildman–Crippen MR) is 140 cm³/mol. The molecule has 2 N–H and O–H groups in total. The molecule has 0 unspecified atom stereocenters. The first kappa shape index (κ1) is 22.6. The van der Waals surface area contributed by atoms with Crippen molar-refractivity contribution in [3.8, 4) is 0 Å². The van der Waals surface area contributed by atoms with Crippen LogP contribution < -0.4 is 15.5 Å². The average Bonchev–Trinajstić information content (AvgIpc) is 3.60. The third-order valence-corrected chi connectivity index (χ3v) is 7.32. The van der Waals surface area contributed by atoms with Crippen LogP contribution in [-0.2, 0) is 4.79 Å². The molecule has 6 nitrogen and oxygen atoms in total. The third kappa shape index (κ3) is 4.32. The zero-order valence-corrected chi connectivity index (χ0v) is 20.5. The monoisotopic (exact) mass is 473 g/mol. The van der Waals surface area contributed by atoms with Gasteiger partial charge in [0.15, 0.2) is 5.11 Å². The highest BCUT2D eigenvalue weighted by molar-refractivity contribution is 7.80. The summed E-state index contributed by atoms with van der Waals surface area (Å²) in [5.41, 5.74) is 5.02. The molecule has 3 heterocycles. The van der Waals surface area contributed by atoms with Crippen molar-refractivity contribution in [2.75, 3.05) is 10.2 Å². The highest BCUT2D eigenvalue weighted by atomic mass is 32.1. The second-order valence-electron chi connectivity index (χ2n) is 9.23. The maximum Gasteiger partial charge on any atom is 0.224 e. The Labute approximate surface area is 206 Å². The standard InChI is InChI=1S/C27H31N5OS/c1-3-24(33)29-22-12-11-21(16-18(22)2)32-26(19-13-15-31(17-19)20-8-4-5-9-20)25(30-27(32)34)23-10-6-7-14-28-23/h6-7,10-17,20,25-26H,3-5,8-9H2,1-2H3,(H,29,33)(H,30,34)/t25-,26-/m1/s1. The van der Waals surface area contributed by atoms with Crippen molar-refractivity contribution in [3.63, 3.8) is 0 Å². The van der Waals surface area contributed by atoms with Gasteiger partial charge in [0.1, 0.15) is 0 Å². The van der Waals surface area contributed by atoms with Crippen molar-refractivity contribution in [2.24, 2.45) is 0 Å².